The molecule has 0 aromatic heterocycles. The van der Waals surface area contributed by atoms with E-state index in [1.54, 1.807) is 12.1 Å². The second-order valence-electron chi connectivity index (χ2n) is 8.02. The summed E-state index contributed by atoms with van der Waals surface area (Å²) >= 11 is 5.82. The van der Waals surface area contributed by atoms with Crippen LogP contribution in [0, 0.1) is 11.7 Å². The highest BCUT2D eigenvalue weighted by Gasteiger charge is 2.25. The normalized spacial score (nSPS) is 18.2. The lowest BCUT2D eigenvalue weighted by Crippen LogP contribution is -2.37. The third-order valence-electron chi connectivity index (χ3n) is 5.97. The molecule has 2 aromatic rings. The Balaban J connectivity index is 1.26. The number of anilines is 2. The summed E-state index contributed by atoms with van der Waals surface area (Å²) in [4.78, 5) is 17.2. The number of nitrogens with one attached hydrogen (secondary N) is 1. The second kappa shape index (κ2) is 9.14. The Morgan fingerprint density at radius 1 is 1.03 bits per heavy atom. The van der Waals surface area contributed by atoms with Crippen LogP contribution in [-0.2, 0) is 11.3 Å². The Labute approximate surface area is 176 Å². The van der Waals surface area contributed by atoms with Crippen LogP contribution < -0.4 is 10.2 Å². The molecule has 0 atom stereocenters. The Morgan fingerprint density at radius 3 is 2.38 bits per heavy atom. The molecular formula is C23H27ClFN3O. The maximum Gasteiger partial charge on any atom is 0.227 e. The molecule has 0 aliphatic carbocycles. The van der Waals surface area contributed by atoms with Gasteiger partial charge in [0.1, 0.15) is 5.82 Å². The molecule has 2 aliphatic rings. The Kier molecular flexibility index (Phi) is 6.36. The Bertz CT molecular complexity index is 844. The van der Waals surface area contributed by atoms with E-state index in [1.165, 1.54) is 24.6 Å². The highest BCUT2D eigenvalue weighted by Crippen LogP contribution is 2.25. The summed E-state index contributed by atoms with van der Waals surface area (Å²) in [6.45, 7) is 4.35. The molecule has 2 heterocycles. The van der Waals surface area contributed by atoms with E-state index in [4.69, 9.17) is 11.6 Å². The molecule has 29 heavy (non-hydrogen) atoms. The van der Waals surface area contributed by atoms with Gasteiger partial charge in [-0.25, -0.2) is 4.39 Å². The first-order valence-electron chi connectivity index (χ1n) is 10.4. The van der Waals surface area contributed by atoms with Gasteiger partial charge in [0.2, 0.25) is 5.91 Å². The van der Waals surface area contributed by atoms with Crippen LogP contribution in [0.4, 0.5) is 15.8 Å². The highest BCUT2D eigenvalue weighted by atomic mass is 35.5. The molecule has 0 spiro atoms. The van der Waals surface area contributed by atoms with Crippen molar-refractivity contribution in [1.29, 1.82) is 0 Å². The molecule has 2 aliphatic heterocycles. The lowest BCUT2D eigenvalue weighted by atomic mass is 9.95. The van der Waals surface area contributed by atoms with Gasteiger partial charge in [-0.2, -0.15) is 0 Å². The Morgan fingerprint density at radius 2 is 1.72 bits per heavy atom. The summed E-state index contributed by atoms with van der Waals surface area (Å²) in [7, 11) is 0. The van der Waals surface area contributed by atoms with Crippen molar-refractivity contribution in [3.8, 4) is 0 Å². The van der Waals surface area contributed by atoms with Crippen molar-refractivity contribution < 1.29 is 9.18 Å². The Hall–Kier alpha value is -2.11. The first-order valence-corrected chi connectivity index (χ1v) is 10.8. The molecule has 6 heteroatoms. The number of amides is 1. The molecule has 2 fully saturated rings. The molecule has 1 amide bonds. The van der Waals surface area contributed by atoms with Gasteiger partial charge in [0.05, 0.1) is 0 Å². The van der Waals surface area contributed by atoms with E-state index >= 15 is 0 Å². The van der Waals surface area contributed by atoms with E-state index in [1.807, 2.05) is 12.1 Å². The molecule has 154 valence electrons. The van der Waals surface area contributed by atoms with Gasteiger partial charge in [-0.15, -0.1) is 0 Å². The van der Waals surface area contributed by atoms with Crippen molar-refractivity contribution in [2.45, 2.75) is 32.2 Å². The summed E-state index contributed by atoms with van der Waals surface area (Å²) in [5.41, 5.74) is 2.72. The fraction of sp³-hybridized carbons (Fsp3) is 0.435. The minimum absolute atomic E-state index is 0.000395. The van der Waals surface area contributed by atoms with Gasteiger partial charge in [0.15, 0.2) is 0 Å². The average Bonchev–Trinajstić information content (AvgIpc) is 3.26. The highest BCUT2D eigenvalue weighted by molar-refractivity contribution is 6.30. The van der Waals surface area contributed by atoms with Crippen LogP contribution in [0.1, 0.15) is 31.2 Å². The first kappa shape index (κ1) is 20.2. The van der Waals surface area contributed by atoms with Gasteiger partial charge in [0, 0.05) is 47.5 Å². The van der Waals surface area contributed by atoms with Crippen LogP contribution in [-0.4, -0.2) is 37.0 Å². The zero-order valence-corrected chi connectivity index (χ0v) is 17.3. The molecule has 0 unspecified atom stereocenters. The number of carbonyl (C=O) groups is 1. The lowest BCUT2D eigenvalue weighted by Gasteiger charge is -2.31. The van der Waals surface area contributed by atoms with Gasteiger partial charge in [-0.05, 0) is 75.2 Å². The minimum atomic E-state index is -0.269. The number of rotatable bonds is 5. The standard InChI is InChI=1S/C23H27ClFN3O/c24-19-4-3-18(22(25)15-19)16-27-13-9-17(10-14-27)23(29)26-20-5-7-21(8-6-20)28-11-1-2-12-28/h3-8,15,17H,1-2,9-14,16H2,(H,26,29). The van der Waals surface area contributed by atoms with E-state index in [0.29, 0.717) is 17.1 Å². The van der Waals surface area contributed by atoms with E-state index in [2.05, 4.69) is 27.2 Å². The van der Waals surface area contributed by atoms with Gasteiger partial charge >= 0.3 is 0 Å². The van der Waals surface area contributed by atoms with Crippen molar-refractivity contribution in [3.05, 3.63) is 58.9 Å². The van der Waals surface area contributed by atoms with Gasteiger partial charge in [-0.1, -0.05) is 17.7 Å². The quantitative estimate of drug-likeness (QED) is 0.752. The SMILES string of the molecule is O=C(Nc1ccc(N2CCCC2)cc1)C1CCN(Cc2ccc(Cl)cc2F)CC1. The topological polar surface area (TPSA) is 35.6 Å². The van der Waals surface area contributed by atoms with Gasteiger partial charge in [-0.3, -0.25) is 9.69 Å². The third kappa shape index (κ3) is 5.09. The van der Waals surface area contributed by atoms with Crippen LogP contribution in [0.5, 0.6) is 0 Å². The maximum absolute atomic E-state index is 14.0. The second-order valence-corrected chi connectivity index (χ2v) is 8.45. The van der Waals surface area contributed by atoms with E-state index in [0.717, 1.165) is 44.7 Å². The number of halogens is 2. The van der Waals surface area contributed by atoms with E-state index < -0.39 is 0 Å². The molecule has 1 N–H and O–H groups in total. The number of piperidine rings is 1. The van der Waals surface area contributed by atoms with E-state index in [9.17, 15) is 9.18 Å². The van der Waals surface area contributed by atoms with Crippen molar-refractivity contribution in [3.63, 3.8) is 0 Å². The molecular weight excluding hydrogens is 389 g/mol. The molecule has 4 nitrogen and oxygen atoms in total. The monoisotopic (exact) mass is 415 g/mol. The molecule has 0 radical (unpaired) electrons. The fourth-order valence-corrected chi connectivity index (χ4v) is 4.38. The summed E-state index contributed by atoms with van der Waals surface area (Å²) in [6.07, 6.45) is 4.07. The minimum Gasteiger partial charge on any atom is -0.372 e. The number of nitrogens with zero attached hydrogens (tertiary/aromatic N) is 2. The van der Waals surface area contributed by atoms with Crippen LogP contribution in [0.3, 0.4) is 0 Å². The van der Waals surface area contributed by atoms with Crippen molar-refractivity contribution in [2.24, 2.45) is 5.92 Å². The summed E-state index contributed by atoms with van der Waals surface area (Å²) < 4.78 is 14.0. The number of benzene rings is 2. The van der Waals surface area contributed by atoms with Crippen molar-refractivity contribution in [1.82, 2.24) is 4.90 Å². The molecule has 2 saturated heterocycles. The summed E-state index contributed by atoms with van der Waals surface area (Å²) in [5.74, 6) is -0.189. The van der Waals surface area contributed by atoms with Crippen LogP contribution in [0.15, 0.2) is 42.5 Å². The predicted molar refractivity (Wildman–Crippen MR) is 116 cm³/mol. The number of hydrogen-bond donors (Lipinski definition) is 1. The third-order valence-corrected chi connectivity index (χ3v) is 6.21. The first-order chi connectivity index (χ1) is 14.1. The van der Waals surface area contributed by atoms with Gasteiger partial charge < -0.3 is 10.2 Å². The number of hydrogen-bond acceptors (Lipinski definition) is 3. The predicted octanol–water partition coefficient (Wildman–Crippen LogP) is 4.93. The van der Waals surface area contributed by atoms with Crippen molar-refractivity contribution in [2.75, 3.05) is 36.4 Å². The van der Waals surface area contributed by atoms with Gasteiger partial charge in [0.25, 0.3) is 0 Å². The zero-order chi connectivity index (χ0) is 20.2. The largest absolute Gasteiger partial charge is 0.372 e. The number of carbonyl (C=O) groups excluding carboxylic acids is 1. The molecule has 2 aromatic carbocycles. The maximum atomic E-state index is 14.0. The summed E-state index contributed by atoms with van der Waals surface area (Å²) in [5, 5.41) is 3.47. The van der Waals surface area contributed by atoms with Crippen LogP contribution in [0.25, 0.3) is 0 Å². The smallest absolute Gasteiger partial charge is 0.227 e. The molecule has 4 rings (SSSR count). The average molecular weight is 416 g/mol. The molecule has 0 bridgehead atoms. The van der Waals surface area contributed by atoms with Crippen molar-refractivity contribution >= 4 is 28.9 Å². The number of likely N-dealkylation sites (tertiary alicyclic amines) is 1. The summed E-state index contributed by atoms with van der Waals surface area (Å²) in [6, 6.07) is 13.0. The van der Waals surface area contributed by atoms with Crippen LogP contribution >= 0.6 is 11.6 Å². The fourth-order valence-electron chi connectivity index (χ4n) is 4.22. The molecule has 0 saturated carbocycles. The van der Waals surface area contributed by atoms with E-state index in [-0.39, 0.29) is 17.6 Å². The zero-order valence-electron chi connectivity index (χ0n) is 16.5. The van der Waals surface area contributed by atoms with Crippen LogP contribution in [0.2, 0.25) is 5.02 Å². The lowest BCUT2D eigenvalue weighted by molar-refractivity contribution is -0.121.